The first kappa shape index (κ1) is 22.8. The zero-order valence-electron chi connectivity index (χ0n) is 19.5. The lowest BCUT2D eigenvalue weighted by Gasteiger charge is -2.35. The van der Waals surface area contributed by atoms with Gasteiger partial charge in [-0.1, -0.05) is 47.0 Å². The van der Waals surface area contributed by atoms with Crippen LogP contribution in [0.25, 0.3) is 27.9 Å². The number of carbonyl (C=O) groups is 1. The van der Waals surface area contributed by atoms with Gasteiger partial charge in [0.1, 0.15) is 0 Å². The lowest BCUT2D eigenvalue weighted by molar-refractivity contribution is 0.0746. The first-order valence-corrected chi connectivity index (χ1v) is 12.4. The molecule has 6 rings (SSSR count). The Labute approximate surface area is 217 Å². The summed E-state index contributed by atoms with van der Waals surface area (Å²) in [5.74, 6) is 1.46. The Morgan fingerprint density at radius 3 is 2.36 bits per heavy atom. The van der Waals surface area contributed by atoms with Gasteiger partial charge in [0.2, 0.25) is 5.95 Å². The molecule has 3 aromatic carbocycles. The molecule has 3 heterocycles. The van der Waals surface area contributed by atoms with Gasteiger partial charge in [-0.15, -0.1) is 10.2 Å². The van der Waals surface area contributed by atoms with Crippen molar-refractivity contribution in [2.24, 2.45) is 0 Å². The minimum Gasteiger partial charge on any atom is -0.338 e. The van der Waals surface area contributed by atoms with Gasteiger partial charge in [-0.3, -0.25) is 4.79 Å². The molecule has 0 bridgehead atoms. The minimum atomic E-state index is -0.000497. The molecule has 1 saturated heterocycles. The van der Waals surface area contributed by atoms with Crippen molar-refractivity contribution < 1.29 is 4.79 Å². The van der Waals surface area contributed by atoms with Crippen LogP contribution in [0.2, 0.25) is 10.0 Å². The van der Waals surface area contributed by atoms with Crippen LogP contribution in [0.5, 0.6) is 0 Å². The number of nitrogens with zero attached hydrogens (tertiary/aromatic N) is 6. The van der Waals surface area contributed by atoms with Crippen LogP contribution in [0.1, 0.15) is 15.9 Å². The standard InChI is InChI=1S/C27H22Cl2N6O/c1-17-3-2-4-19(15-17)24-31-32-25-22-10-9-21(29)16-23(22)30-27(35(24)25)34-13-11-33(12-14-34)26(36)18-5-7-20(28)8-6-18/h2-10,15-16H,11-14H2,1H3. The van der Waals surface area contributed by atoms with E-state index in [1.54, 1.807) is 24.3 Å². The average molecular weight is 517 g/mol. The second kappa shape index (κ2) is 9.08. The zero-order valence-corrected chi connectivity index (χ0v) is 21.0. The summed E-state index contributed by atoms with van der Waals surface area (Å²) in [6, 6.07) is 20.8. The lowest BCUT2D eigenvalue weighted by Crippen LogP contribution is -2.49. The van der Waals surface area contributed by atoms with Gasteiger partial charge in [0, 0.05) is 52.7 Å². The number of amides is 1. The maximum absolute atomic E-state index is 13.0. The number of fused-ring (bicyclic) bond motifs is 3. The predicted molar refractivity (Wildman–Crippen MR) is 143 cm³/mol. The molecule has 9 heteroatoms. The molecular formula is C27H22Cl2N6O. The van der Waals surface area contributed by atoms with Gasteiger partial charge in [-0.2, -0.15) is 0 Å². The second-order valence-corrected chi connectivity index (χ2v) is 9.78. The van der Waals surface area contributed by atoms with Gasteiger partial charge in [-0.25, -0.2) is 9.38 Å². The molecule has 0 saturated carbocycles. The number of aromatic nitrogens is 4. The maximum atomic E-state index is 13.0. The van der Waals surface area contributed by atoms with Crippen LogP contribution >= 0.6 is 23.2 Å². The number of aryl methyl sites for hydroxylation is 1. The number of hydrogen-bond donors (Lipinski definition) is 0. The molecule has 0 spiro atoms. The molecule has 2 aromatic heterocycles. The monoisotopic (exact) mass is 516 g/mol. The first-order chi connectivity index (χ1) is 17.5. The molecule has 5 aromatic rings. The molecule has 0 aliphatic carbocycles. The van der Waals surface area contributed by atoms with Gasteiger partial charge in [0.15, 0.2) is 11.5 Å². The molecule has 0 unspecified atom stereocenters. The summed E-state index contributed by atoms with van der Waals surface area (Å²) >= 11 is 12.3. The summed E-state index contributed by atoms with van der Waals surface area (Å²) in [4.78, 5) is 22.1. The van der Waals surface area contributed by atoms with Crippen LogP contribution < -0.4 is 4.90 Å². The summed E-state index contributed by atoms with van der Waals surface area (Å²) in [6.45, 7) is 4.44. The lowest BCUT2D eigenvalue weighted by atomic mass is 10.1. The van der Waals surface area contributed by atoms with E-state index in [1.165, 1.54) is 0 Å². The van der Waals surface area contributed by atoms with Crippen LogP contribution in [0.4, 0.5) is 5.95 Å². The summed E-state index contributed by atoms with van der Waals surface area (Å²) in [6.07, 6.45) is 0. The van der Waals surface area contributed by atoms with Crippen LogP contribution in [-0.4, -0.2) is 56.6 Å². The number of carbonyl (C=O) groups excluding carboxylic acids is 1. The van der Waals surface area contributed by atoms with E-state index in [0.717, 1.165) is 39.4 Å². The molecule has 36 heavy (non-hydrogen) atoms. The van der Waals surface area contributed by atoms with Crippen molar-refractivity contribution in [1.82, 2.24) is 24.5 Å². The molecule has 1 fully saturated rings. The molecule has 1 aliphatic heterocycles. The van der Waals surface area contributed by atoms with E-state index in [1.807, 2.05) is 39.6 Å². The highest BCUT2D eigenvalue weighted by molar-refractivity contribution is 6.31. The number of piperazine rings is 1. The third-order valence-corrected chi connectivity index (χ3v) is 6.99. The van der Waals surface area contributed by atoms with Gasteiger partial charge in [-0.05, 0) is 55.5 Å². The summed E-state index contributed by atoms with van der Waals surface area (Å²) < 4.78 is 2.02. The normalized spacial score (nSPS) is 14.1. The Hall–Kier alpha value is -3.68. The topological polar surface area (TPSA) is 66.6 Å². The number of halogens is 2. The van der Waals surface area contributed by atoms with E-state index >= 15 is 0 Å². The van der Waals surface area contributed by atoms with Crippen molar-refractivity contribution in [3.8, 4) is 11.4 Å². The van der Waals surface area contributed by atoms with E-state index in [4.69, 9.17) is 28.2 Å². The second-order valence-electron chi connectivity index (χ2n) is 8.91. The Balaban J connectivity index is 1.39. The van der Waals surface area contributed by atoms with E-state index in [-0.39, 0.29) is 5.91 Å². The van der Waals surface area contributed by atoms with Gasteiger partial charge in [0.25, 0.3) is 5.91 Å². The highest BCUT2D eigenvalue weighted by Crippen LogP contribution is 2.30. The molecule has 0 radical (unpaired) electrons. The fraction of sp³-hybridized carbons (Fsp3) is 0.185. The van der Waals surface area contributed by atoms with Crippen molar-refractivity contribution in [1.29, 1.82) is 0 Å². The molecule has 1 amide bonds. The molecule has 7 nitrogen and oxygen atoms in total. The fourth-order valence-corrected chi connectivity index (χ4v) is 4.95. The summed E-state index contributed by atoms with van der Waals surface area (Å²) in [7, 11) is 0. The molecule has 1 aliphatic rings. The highest BCUT2D eigenvalue weighted by atomic mass is 35.5. The average Bonchev–Trinajstić information content (AvgIpc) is 3.34. The summed E-state index contributed by atoms with van der Waals surface area (Å²) in [5, 5.41) is 11.2. The molecule has 180 valence electrons. The van der Waals surface area contributed by atoms with Crippen LogP contribution in [-0.2, 0) is 0 Å². The minimum absolute atomic E-state index is 0.000497. The Kier molecular flexibility index (Phi) is 5.74. The van der Waals surface area contributed by atoms with E-state index < -0.39 is 0 Å². The molecule has 0 atom stereocenters. The number of benzene rings is 3. The van der Waals surface area contributed by atoms with Crippen molar-refractivity contribution in [3.63, 3.8) is 0 Å². The maximum Gasteiger partial charge on any atom is 0.253 e. The van der Waals surface area contributed by atoms with E-state index in [9.17, 15) is 4.79 Å². The summed E-state index contributed by atoms with van der Waals surface area (Å²) in [5.41, 5.74) is 4.22. The fourth-order valence-electron chi connectivity index (χ4n) is 4.66. The molecular weight excluding hydrogens is 495 g/mol. The number of hydrogen-bond acceptors (Lipinski definition) is 5. The van der Waals surface area contributed by atoms with Crippen LogP contribution in [0, 0.1) is 6.92 Å². The number of rotatable bonds is 3. The Morgan fingerprint density at radius 1 is 0.861 bits per heavy atom. The van der Waals surface area contributed by atoms with E-state index in [0.29, 0.717) is 41.8 Å². The first-order valence-electron chi connectivity index (χ1n) is 11.7. The van der Waals surface area contributed by atoms with Crippen molar-refractivity contribution in [3.05, 3.63) is 87.9 Å². The smallest absolute Gasteiger partial charge is 0.253 e. The SMILES string of the molecule is Cc1cccc(-c2nnc3c4ccc(Cl)cc4nc(N4CCN(C(=O)c5ccc(Cl)cc5)CC4)n23)c1. The van der Waals surface area contributed by atoms with Crippen molar-refractivity contribution in [2.45, 2.75) is 6.92 Å². The van der Waals surface area contributed by atoms with Gasteiger partial charge in [0.05, 0.1) is 5.52 Å². The zero-order chi connectivity index (χ0) is 24.8. The quantitative estimate of drug-likeness (QED) is 0.315. The van der Waals surface area contributed by atoms with Crippen molar-refractivity contribution >= 4 is 51.6 Å². The van der Waals surface area contributed by atoms with Gasteiger partial charge >= 0.3 is 0 Å². The van der Waals surface area contributed by atoms with Crippen LogP contribution in [0.3, 0.4) is 0 Å². The third kappa shape index (κ3) is 4.04. The largest absolute Gasteiger partial charge is 0.338 e. The Bertz CT molecular complexity index is 1610. The van der Waals surface area contributed by atoms with Gasteiger partial charge < -0.3 is 9.80 Å². The number of anilines is 1. The predicted octanol–water partition coefficient (Wildman–Crippen LogP) is 5.52. The van der Waals surface area contributed by atoms with E-state index in [2.05, 4.69) is 34.2 Å². The third-order valence-electron chi connectivity index (χ3n) is 6.50. The molecule has 0 N–H and O–H groups in total. The van der Waals surface area contributed by atoms with Crippen LogP contribution in [0.15, 0.2) is 66.7 Å². The Morgan fingerprint density at radius 2 is 1.61 bits per heavy atom. The highest BCUT2D eigenvalue weighted by Gasteiger charge is 2.26. The van der Waals surface area contributed by atoms with Crippen molar-refractivity contribution in [2.75, 3.05) is 31.1 Å².